The van der Waals surface area contributed by atoms with E-state index in [1.165, 1.54) is 4.90 Å². The molecular formula is C14H18N4O2. The van der Waals surface area contributed by atoms with Crippen molar-refractivity contribution in [3.8, 4) is 11.4 Å². The summed E-state index contributed by atoms with van der Waals surface area (Å²) in [6, 6.07) is 7.03. The van der Waals surface area contributed by atoms with Gasteiger partial charge in [-0.25, -0.2) is 4.68 Å². The molecule has 2 rings (SSSR count). The molecule has 2 aromatic rings. The highest BCUT2D eigenvalue weighted by molar-refractivity contribution is 5.91. The van der Waals surface area contributed by atoms with Crippen LogP contribution in [0.3, 0.4) is 0 Å². The van der Waals surface area contributed by atoms with Gasteiger partial charge in [0, 0.05) is 38.1 Å². The summed E-state index contributed by atoms with van der Waals surface area (Å²) in [5.41, 5.74) is 7.57. The molecule has 0 aliphatic carbocycles. The molecule has 0 aliphatic rings. The Morgan fingerprint density at radius 3 is 2.80 bits per heavy atom. The Kier molecular flexibility index (Phi) is 3.93. The third kappa shape index (κ3) is 2.90. The maximum Gasteiger partial charge on any atom is 0.273 e. The van der Waals surface area contributed by atoms with Gasteiger partial charge < -0.3 is 15.4 Å². The molecule has 0 bridgehead atoms. The van der Waals surface area contributed by atoms with E-state index >= 15 is 0 Å². The van der Waals surface area contributed by atoms with Crippen LogP contribution < -0.4 is 10.5 Å². The van der Waals surface area contributed by atoms with Gasteiger partial charge in [-0.1, -0.05) is 0 Å². The van der Waals surface area contributed by atoms with Crippen molar-refractivity contribution >= 4 is 11.6 Å². The van der Waals surface area contributed by atoms with Gasteiger partial charge in [0.15, 0.2) is 5.69 Å². The summed E-state index contributed by atoms with van der Waals surface area (Å²) in [5, 5.41) is 4.26. The first-order valence-electron chi connectivity index (χ1n) is 6.32. The van der Waals surface area contributed by atoms with Crippen LogP contribution in [0.4, 0.5) is 5.69 Å². The Hall–Kier alpha value is -2.50. The van der Waals surface area contributed by atoms with Gasteiger partial charge in [-0.2, -0.15) is 5.10 Å². The van der Waals surface area contributed by atoms with Gasteiger partial charge in [0.1, 0.15) is 5.75 Å². The summed E-state index contributed by atoms with van der Waals surface area (Å²) in [5.74, 6) is 0.538. The zero-order valence-electron chi connectivity index (χ0n) is 11.8. The monoisotopic (exact) mass is 274 g/mol. The smallest absolute Gasteiger partial charge is 0.273 e. The van der Waals surface area contributed by atoms with Crippen molar-refractivity contribution in [2.24, 2.45) is 0 Å². The van der Waals surface area contributed by atoms with E-state index in [9.17, 15) is 4.79 Å². The molecule has 0 spiro atoms. The molecule has 2 N–H and O–H groups in total. The average Bonchev–Trinajstić information content (AvgIpc) is 2.87. The van der Waals surface area contributed by atoms with Gasteiger partial charge >= 0.3 is 0 Å². The van der Waals surface area contributed by atoms with E-state index in [1.54, 1.807) is 43.2 Å². The molecule has 0 fully saturated rings. The molecule has 106 valence electrons. The zero-order chi connectivity index (χ0) is 14.7. The quantitative estimate of drug-likeness (QED) is 0.859. The molecule has 0 unspecified atom stereocenters. The van der Waals surface area contributed by atoms with Crippen LogP contribution in [0.25, 0.3) is 5.69 Å². The van der Waals surface area contributed by atoms with E-state index in [4.69, 9.17) is 10.5 Å². The van der Waals surface area contributed by atoms with Gasteiger partial charge in [-0.3, -0.25) is 4.79 Å². The van der Waals surface area contributed by atoms with Crippen molar-refractivity contribution < 1.29 is 9.53 Å². The summed E-state index contributed by atoms with van der Waals surface area (Å²) in [6.45, 7) is 2.47. The van der Waals surface area contributed by atoms with Crippen molar-refractivity contribution in [1.29, 1.82) is 0 Å². The first-order valence-corrected chi connectivity index (χ1v) is 6.32. The number of benzene rings is 1. The van der Waals surface area contributed by atoms with Crippen LogP contribution in [0.2, 0.25) is 0 Å². The highest BCUT2D eigenvalue weighted by Crippen LogP contribution is 2.21. The molecular weight excluding hydrogens is 256 g/mol. The number of anilines is 1. The molecule has 20 heavy (non-hydrogen) atoms. The topological polar surface area (TPSA) is 73.4 Å². The third-order valence-electron chi connectivity index (χ3n) is 2.70. The van der Waals surface area contributed by atoms with Gasteiger partial charge in [-0.05, 0) is 19.1 Å². The molecule has 1 heterocycles. The Balaban J connectivity index is 2.34. The van der Waals surface area contributed by atoms with Crippen LogP contribution >= 0.6 is 0 Å². The number of rotatable bonds is 4. The molecule has 6 heteroatoms. The number of nitrogen functional groups attached to an aromatic ring is 1. The molecule has 1 aromatic carbocycles. The minimum atomic E-state index is -0.141. The number of hydrogen-bond donors (Lipinski definition) is 1. The number of carbonyl (C=O) groups is 1. The van der Waals surface area contributed by atoms with Crippen LogP contribution in [0.15, 0.2) is 30.5 Å². The predicted molar refractivity (Wildman–Crippen MR) is 77.2 cm³/mol. The molecule has 6 nitrogen and oxygen atoms in total. The standard InChI is InChI=1S/C14H18N4O2/c1-4-20-12-8-10(15)7-11(9-12)18-6-5-13(16-18)14(19)17(2)3/h5-9H,4,15H2,1-3H3. The second kappa shape index (κ2) is 5.64. The molecule has 0 saturated heterocycles. The van der Waals surface area contributed by atoms with E-state index in [2.05, 4.69) is 5.10 Å². The van der Waals surface area contributed by atoms with Crippen molar-refractivity contribution in [3.63, 3.8) is 0 Å². The Bertz CT molecular complexity index is 619. The number of ether oxygens (including phenoxy) is 1. The van der Waals surface area contributed by atoms with Crippen LogP contribution in [0, 0.1) is 0 Å². The number of carbonyl (C=O) groups excluding carboxylic acids is 1. The van der Waals surface area contributed by atoms with Crippen LogP contribution in [0.5, 0.6) is 5.75 Å². The van der Waals surface area contributed by atoms with E-state index in [0.717, 1.165) is 5.69 Å². The van der Waals surface area contributed by atoms with E-state index in [1.807, 2.05) is 13.0 Å². The Morgan fingerprint density at radius 2 is 2.15 bits per heavy atom. The summed E-state index contributed by atoms with van der Waals surface area (Å²) in [6.07, 6.45) is 1.72. The Morgan fingerprint density at radius 1 is 1.40 bits per heavy atom. The third-order valence-corrected chi connectivity index (χ3v) is 2.70. The number of amides is 1. The first kappa shape index (κ1) is 13.9. The fourth-order valence-corrected chi connectivity index (χ4v) is 1.80. The molecule has 1 aromatic heterocycles. The molecule has 0 atom stereocenters. The van der Waals surface area contributed by atoms with E-state index < -0.39 is 0 Å². The zero-order valence-corrected chi connectivity index (χ0v) is 11.8. The second-order valence-corrected chi connectivity index (χ2v) is 4.54. The number of nitrogens with zero attached hydrogens (tertiary/aromatic N) is 3. The summed E-state index contributed by atoms with van der Waals surface area (Å²) in [7, 11) is 3.38. The second-order valence-electron chi connectivity index (χ2n) is 4.54. The van der Waals surface area contributed by atoms with Gasteiger partial charge in [0.05, 0.1) is 12.3 Å². The number of hydrogen-bond acceptors (Lipinski definition) is 4. The first-order chi connectivity index (χ1) is 9.51. The molecule has 0 radical (unpaired) electrons. The lowest BCUT2D eigenvalue weighted by Gasteiger charge is -2.09. The summed E-state index contributed by atoms with van der Waals surface area (Å²) in [4.78, 5) is 13.3. The van der Waals surface area contributed by atoms with Crippen molar-refractivity contribution in [2.45, 2.75) is 6.92 Å². The summed E-state index contributed by atoms with van der Waals surface area (Å²) >= 11 is 0. The van der Waals surface area contributed by atoms with Crippen LogP contribution in [-0.4, -0.2) is 41.3 Å². The fraction of sp³-hybridized carbons (Fsp3) is 0.286. The largest absolute Gasteiger partial charge is 0.494 e. The summed E-state index contributed by atoms with van der Waals surface area (Å²) < 4.78 is 7.05. The van der Waals surface area contributed by atoms with E-state index in [0.29, 0.717) is 23.7 Å². The van der Waals surface area contributed by atoms with Crippen molar-refractivity contribution in [1.82, 2.24) is 14.7 Å². The van der Waals surface area contributed by atoms with Crippen LogP contribution in [0.1, 0.15) is 17.4 Å². The van der Waals surface area contributed by atoms with Gasteiger partial charge in [-0.15, -0.1) is 0 Å². The van der Waals surface area contributed by atoms with Crippen molar-refractivity contribution in [3.05, 3.63) is 36.2 Å². The van der Waals surface area contributed by atoms with Crippen molar-refractivity contribution in [2.75, 3.05) is 26.4 Å². The Labute approximate surface area is 117 Å². The fourth-order valence-electron chi connectivity index (χ4n) is 1.80. The average molecular weight is 274 g/mol. The molecule has 0 saturated carbocycles. The van der Waals surface area contributed by atoms with Gasteiger partial charge in [0.2, 0.25) is 0 Å². The maximum absolute atomic E-state index is 11.8. The minimum Gasteiger partial charge on any atom is -0.494 e. The number of aromatic nitrogens is 2. The van der Waals surface area contributed by atoms with Crippen LogP contribution in [-0.2, 0) is 0 Å². The SMILES string of the molecule is CCOc1cc(N)cc(-n2ccc(C(=O)N(C)C)n2)c1. The predicted octanol–water partition coefficient (Wildman–Crippen LogP) is 1.55. The lowest BCUT2D eigenvalue weighted by Crippen LogP contribution is -2.22. The molecule has 1 amide bonds. The van der Waals surface area contributed by atoms with E-state index in [-0.39, 0.29) is 5.91 Å². The lowest BCUT2D eigenvalue weighted by molar-refractivity contribution is 0.0821. The normalized spacial score (nSPS) is 10.3. The highest BCUT2D eigenvalue weighted by Gasteiger charge is 2.12. The lowest BCUT2D eigenvalue weighted by atomic mass is 10.2. The minimum absolute atomic E-state index is 0.141. The number of nitrogens with two attached hydrogens (primary N) is 1. The van der Waals surface area contributed by atoms with Gasteiger partial charge in [0.25, 0.3) is 5.91 Å². The molecule has 0 aliphatic heterocycles. The highest BCUT2D eigenvalue weighted by atomic mass is 16.5. The maximum atomic E-state index is 11.8.